The summed E-state index contributed by atoms with van der Waals surface area (Å²) in [4.78, 5) is 0. The van der Waals surface area contributed by atoms with E-state index in [2.05, 4.69) is 59.9 Å². The highest BCUT2D eigenvalue weighted by atomic mass is 16.5. The van der Waals surface area contributed by atoms with Crippen LogP contribution >= 0.6 is 0 Å². The summed E-state index contributed by atoms with van der Waals surface area (Å²) >= 11 is 0. The molecular weight excluding hydrogens is 258 g/mol. The number of fused-ring (bicyclic) bond motifs is 1. The minimum Gasteiger partial charge on any atom is -0.496 e. The molecule has 0 aliphatic carbocycles. The van der Waals surface area contributed by atoms with Gasteiger partial charge in [-0.25, -0.2) is 0 Å². The average molecular weight is 277 g/mol. The van der Waals surface area contributed by atoms with Gasteiger partial charge in [0.25, 0.3) is 0 Å². The van der Waals surface area contributed by atoms with Crippen LogP contribution in [0.25, 0.3) is 21.9 Å². The van der Waals surface area contributed by atoms with Crippen LogP contribution in [0.4, 0.5) is 0 Å². The average Bonchev–Trinajstić information content (AvgIpc) is 2.54. The second-order valence-corrected chi connectivity index (χ2v) is 5.08. The first-order valence-corrected chi connectivity index (χ1v) is 7.13. The van der Waals surface area contributed by atoms with E-state index in [1.807, 2.05) is 13.1 Å². The zero-order chi connectivity index (χ0) is 14.7. The van der Waals surface area contributed by atoms with E-state index < -0.39 is 0 Å². The fraction of sp³-hybridized carbons (Fsp3) is 0.158. The molecule has 0 spiro atoms. The van der Waals surface area contributed by atoms with Crippen LogP contribution in [0.5, 0.6) is 5.75 Å². The van der Waals surface area contributed by atoms with Gasteiger partial charge in [-0.05, 0) is 41.1 Å². The molecule has 0 heterocycles. The lowest BCUT2D eigenvalue weighted by atomic mass is 9.96. The van der Waals surface area contributed by atoms with E-state index in [0.717, 1.165) is 12.3 Å². The van der Waals surface area contributed by atoms with E-state index in [4.69, 9.17) is 4.74 Å². The van der Waals surface area contributed by atoms with Gasteiger partial charge in [-0.3, -0.25) is 0 Å². The SMILES string of the molecule is CNCc1cc(-c2cccc3ccccc23)ccc1OC. The van der Waals surface area contributed by atoms with Gasteiger partial charge in [0.05, 0.1) is 7.11 Å². The minimum absolute atomic E-state index is 0.793. The van der Waals surface area contributed by atoms with Crippen molar-refractivity contribution in [2.75, 3.05) is 14.2 Å². The Bertz CT molecular complexity index is 759. The third kappa shape index (κ3) is 2.63. The van der Waals surface area contributed by atoms with Crippen molar-refractivity contribution < 1.29 is 4.74 Å². The van der Waals surface area contributed by atoms with Gasteiger partial charge >= 0.3 is 0 Å². The molecule has 0 amide bonds. The molecule has 2 heteroatoms. The Morgan fingerprint density at radius 3 is 2.57 bits per heavy atom. The van der Waals surface area contributed by atoms with Gasteiger partial charge in [0.1, 0.15) is 5.75 Å². The smallest absolute Gasteiger partial charge is 0.123 e. The fourth-order valence-corrected chi connectivity index (χ4v) is 2.75. The molecule has 0 atom stereocenters. The Morgan fingerprint density at radius 2 is 1.76 bits per heavy atom. The van der Waals surface area contributed by atoms with Gasteiger partial charge in [0.2, 0.25) is 0 Å². The van der Waals surface area contributed by atoms with Crippen LogP contribution in [-0.2, 0) is 6.54 Å². The van der Waals surface area contributed by atoms with E-state index >= 15 is 0 Å². The van der Waals surface area contributed by atoms with Crippen LogP contribution < -0.4 is 10.1 Å². The summed E-state index contributed by atoms with van der Waals surface area (Å²) in [7, 11) is 3.66. The predicted octanol–water partition coefficient (Wildman–Crippen LogP) is 4.23. The number of ether oxygens (including phenoxy) is 1. The molecule has 3 aromatic rings. The third-order valence-electron chi connectivity index (χ3n) is 3.75. The highest BCUT2D eigenvalue weighted by molar-refractivity contribution is 5.96. The third-order valence-corrected chi connectivity index (χ3v) is 3.75. The Kier molecular flexibility index (Phi) is 3.89. The molecule has 21 heavy (non-hydrogen) atoms. The summed E-state index contributed by atoms with van der Waals surface area (Å²) in [5.74, 6) is 0.924. The molecule has 0 saturated carbocycles. The molecule has 2 nitrogen and oxygen atoms in total. The summed E-state index contributed by atoms with van der Waals surface area (Å²) in [6.45, 7) is 0.793. The van der Waals surface area contributed by atoms with Gasteiger partial charge < -0.3 is 10.1 Å². The molecule has 0 bridgehead atoms. The maximum absolute atomic E-state index is 5.44. The van der Waals surface area contributed by atoms with E-state index in [0.29, 0.717) is 0 Å². The highest BCUT2D eigenvalue weighted by Crippen LogP contribution is 2.31. The van der Waals surface area contributed by atoms with Crippen LogP contribution in [0.15, 0.2) is 60.7 Å². The van der Waals surface area contributed by atoms with Gasteiger partial charge in [0.15, 0.2) is 0 Å². The summed E-state index contributed by atoms with van der Waals surface area (Å²) in [5, 5.41) is 5.74. The molecule has 0 unspecified atom stereocenters. The standard InChI is InChI=1S/C19H19NO/c1-20-13-16-12-15(10-11-19(16)21-2)18-9-5-7-14-6-3-4-8-17(14)18/h3-12,20H,13H2,1-2H3. The first-order valence-electron chi connectivity index (χ1n) is 7.13. The number of nitrogens with one attached hydrogen (secondary N) is 1. The maximum atomic E-state index is 5.44. The van der Waals surface area contributed by atoms with Crippen molar-refractivity contribution in [3.63, 3.8) is 0 Å². The molecule has 1 N–H and O–H groups in total. The quantitative estimate of drug-likeness (QED) is 0.770. The van der Waals surface area contributed by atoms with Crippen molar-refractivity contribution >= 4 is 10.8 Å². The second-order valence-electron chi connectivity index (χ2n) is 5.08. The van der Waals surface area contributed by atoms with Gasteiger partial charge in [-0.15, -0.1) is 0 Å². The van der Waals surface area contributed by atoms with Gasteiger partial charge in [-0.1, -0.05) is 48.5 Å². The topological polar surface area (TPSA) is 21.3 Å². The largest absolute Gasteiger partial charge is 0.496 e. The van der Waals surface area contributed by atoms with Gasteiger partial charge in [0, 0.05) is 12.1 Å². The highest BCUT2D eigenvalue weighted by Gasteiger charge is 2.07. The second kappa shape index (κ2) is 5.98. The van der Waals surface area contributed by atoms with E-state index in [-0.39, 0.29) is 0 Å². The molecule has 3 aromatic carbocycles. The summed E-state index contributed by atoms with van der Waals surface area (Å²) in [6.07, 6.45) is 0. The molecule has 3 rings (SSSR count). The molecule has 0 aliphatic heterocycles. The summed E-state index contributed by atoms with van der Waals surface area (Å²) < 4.78 is 5.44. The molecule has 106 valence electrons. The lowest BCUT2D eigenvalue weighted by Crippen LogP contribution is -2.06. The number of rotatable bonds is 4. The van der Waals surface area contributed by atoms with E-state index in [1.54, 1.807) is 7.11 Å². The molecule has 0 aliphatic rings. The summed E-state index contributed by atoms with van der Waals surface area (Å²) in [5.41, 5.74) is 3.65. The first-order chi connectivity index (χ1) is 10.3. The normalized spacial score (nSPS) is 10.8. The number of hydrogen-bond acceptors (Lipinski definition) is 2. The van der Waals surface area contributed by atoms with Crippen molar-refractivity contribution in [2.45, 2.75) is 6.54 Å². The van der Waals surface area contributed by atoms with Crippen LogP contribution in [0.2, 0.25) is 0 Å². The predicted molar refractivity (Wildman–Crippen MR) is 88.7 cm³/mol. The fourth-order valence-electron chi connectivity index (χ4n) is 2.75. The lowest BCUT2D eigenvalue weighted by molar-refractivity contribution is 0.408. The monoisotopic (exact) mass is 277 g/mol. The van der Waals surface area contributed by atoms with Gasteiger partial charge in [-0.2, -0.15) is 0 Å². The van der Waals surface area contributed by atoms with Crippen molar-refractivity contribution in [3.8, 4) is 16.9 Å². The number of hydrogen-bond donors (Lipinski definition) is 1. The van der Waals surface area contributed by atoms with Crippen molar-refractivity contribution in [2.24, 2.45) is 0 Å². The minimum atomic E-state index is 0.793. The Hall–Kier alpha value is -2.32. The van der Waals surface area contributed by atoms with Crippen molar-refractivity contribution in [3.05, 3.63) is 66.2 Å². The molecule has 0 aromatic heterocycles. The summed E-state index contributed by atoms with van der Waals surface area (Å²) in [6, 6.07) is 21.3. The molecular formula is C19H19NO. The number of benzene rings is 3. The number of methoxy groups -OCH3 is 1. The zero-order valence-corrected chi connectivity index (χ0v) is 12.4. The van der Waals surface area contributed by atoms with Crippen LogP contribution in [0, 0.1) is 0 Å². The zero-order valence-electron chi connectivity index (χ0n) is 12.4. The maximum Gasteiger partial charge on any atom is 0.123 e. The Labute approximate surface area is 125 Å². The van der Waals surface area contributed by atoms with Crippen LogP contribution in [0.3, 0.4) is 0 Å². The van der Waals surface area contributed by atoms with Crippen LogP contribution in [-0.4, -0.2) is 14.2 Å². The lowest BCUT2D eigenvalue weighted by Gasteiger charge is -2.12. The first kappa shape index (κ1) is 13.7. The van der Waals surface area contributed by atoms with E-state index in [9.17, 15) is 0 Å². The Balaban J connectivity index is 2.16. The van der Waals surface area contributed by atoms with Crippen LogP contribution in [0.1, 0.15) is 5.56 Å². The van der Waals surface area contributed by atoms with E-state index in [1.165, 1.54) is 27.5 Å². The van der Waals surface area contributed by atoms with Crippen molar-refractivity contribution in [1.29, 1.82) is 0 Å². The molecule has 0 radical (unpaired) electrons. The molecule has 0 fully saturated rings. The van der Waals surface area contributed by atoms with Crippen molar-refractivity contribution in [1.82, 2.24) is 5.32 Å². The Morgan fingerprint density at radius 1 is 0.952 bits per heavy atom. The molecule has 0 saturated heterocycles.